The second-order valence-corrected chi connectivity index (χ2v) is 4.06. The number of thiazole rings is 1. The molecular formula is C8H15N3OS. The third-order valence-corrected chi connectivity index (χ3v) is 3.00. The lowest BCUT2D eigenvalue weighted by Crippen LogP contribution is -2.07. The van der Waals surface area contributed by atoms with Gasteiger partial charge in [-0.25, -0.2) is 0 Å². The van der Waals surface area contributed by atoms with Gasteiger partial charge in [0.2, 0.25) is 5.88 Å². The van der Waals surface area contributed by atoms with E-state index in [1.54, 1.807) is 18.4 Å². The second-order valence-electron chi connectivity index (χ2n) is 3.05. The van der Waals surface area contributed by atoms with Crippen LogP contribution in [0.5, 0.6) is 5.88 Å². The topological polar surface area (TPSA) is 51.4 Å². The molecule has 74 valence electrons. The van der Waals surface area contributed by atoms with Crippen molar-refractivity contribution in [2.45, 2.75) is 13.0 Å². The van der Waals surface area contributed by atoms with E-state index in [9.17, 15) is 0 Å². The highest BCUT2D eigenvalue weighted by molar-refractivity contribution is 7.16. The summed E-state index contributed by atoms with van der Waals surface area (Å²) in [4.78, 5) is 7.23. The van der Waals surface area contributed by atoms with E-state index in [-0.39, 0.29) is 6.04 Å². The summed E-state index contributed by atoms with van der Waals surface area (Å²) in [5.41, 5.74) is 5.78. The fourth-order valence-corrected chi connectivity index (χ4v) is 1.84. The van der Waals surface area contributed by atoms with E-state index in [4.69, 9.17) is 10.5 Å². The molecule has 0 aliphatic rings. The van der Waals surface area contributed by atoms with E-state index in [1.807, 2.05) is 25.9 Å². The van der Waals surface area contributed by atoms with Gasteiger partial charge in [0, 0.05) is 20.1 Å². The van der Waals surface area contributed by atoms with Gasteiger partial charge in [-0.15, -0.1) is 0 Å². The average Bonchev–Trinajstić information content (AvgIpc) is 2.47. The van der Waals surface area contributed by atoms with Crippen molar-refractivity contribution in [3.05, 3.63) is 4.88 Å². The number of rotatable bonds is 3. The van der Waals surface area contributed by atoms with Crippen molar-refractivity contribution in [3.8, 4) is 5.88 Å². The van der Waals surface area contributed by atoms with Crippen molar-refractivity contribution in [3.63, 3.8) is 0 Å². The first-order valence-electron chi connectivity index (χ1n) is 4.04. The van der Waals surface area contributed by atoms with Crippen LogP contribution >= 0.6 is 11.3 Å². The molecule has 1 atom stereocenters. The summed E-state index contributed by atoms with van der Waals surface area (Å²) in [6, 6.07) is -0.0267. The van der Waals surface area contributed by atoms with Crippen LogP contribution < -0.4 is 15.4 Å². The van der Waals surface area contributed by atoms with Crippen molar-refractivity contribution < 1.29 is 4.74 Å². The quantitative estimate of drug-likeness (QED) is 0.799. The summed E-state index contributed by atoms with van der Waals surface area (Å²) in [7, 11) is 5.51. The molecule has 13 heavy (non-hydrogen) atoms. The van der Waals surface area contributed by atoms with Crippen molar-refractivity contribution in [2.75, 3.05) is 26.1 Å². The zero-order chi connectivity index (χ0) is 10.0. The van der Waals surface area contributed by atoms with Crippen molar-refractivity contribution >= 4 is 16.5 Å². The maximum absolute atomic E-state index is 5.78. The Balaban J connectivity index is 3.04. The fraction of sp³-hybridized carbons (Fsp3) is 0.625. The minimum atomic E-state index is -0.0267. The number of nitrogens with zero attached hydrogens (tertiary/aromatic N) is 2. The Labute approximate surface area is 82.3 Å². The zero-order valence-corrected chi connectivity index (χ0v) is 9.18. The summed E-state index contributed by atoms with van der Waals surface area (Å²) in [5.74, 6) is 0.642. The highest BCUT2D eigenvalue weighted by Crippen LogP contribution is 2.33. The van der Waals surface area contributed by atoms with Gasteiger partial charge in [0.15, 0.2) is 5.13 Å². The smallest absolute Gasteiger partial charge is 0.231 e. The van der Waals surface area contributed by atoms with Gasteiger partial charge < -0.3 is 15.4 Å². The van der Waals surface area contributed by atoms with Crippen LogP contribution in [0.1, 0.15) is 17.8 Å². The van der Waals surface area contributed by atoms with Crippen LogP contribution in [0, 0.1) is 0 Å². The number of hydrogen-bond acceptors (Lipinski definition) is 5. The lowest BCUT2D eigenvalue weighted by Gasteiger charge is -2.05. The molecule has 2 N–H and O–H groups in total. The molecule has 1 aromatic rings. The fourth-order valence-electron chi connectivity index (χ4n) is 0.932. The Morgan fingerprint density at radius 2 is 2.15 bits per heavy atom. The summed E-state index contributed by atoms with van der Waals surface area (Å²) < 4.78 is 5.13. The van der Waals surface area contributed by atoms with Crippen LogP contribution in [0.25, 0.3) is 0 Å². The molecule has 5 heteroatoms. The Morgan fingerprint density at radius 1 is 1.54 bits per heavy atom. The minimum Gasteiger partial charge on any atom is -0.480 e. The lowest BCUT2D eigenvalue weighted by molar-refractivity contribution is 0.394. The Bertz CT molecular complexity index is 283. The van der Waals surface area contributed by atoms with Gasteiger partial charge in [0.25, 0.3) is 0 Å². The number of ether oxygens (including phenoxy) is 1. The highest BCUT2D eigenvalue weighted by atomic mass is 32.1. The largest absolute Gasteiger partial charge is 0.480 e. The van der Waals surface area contributed by atoms with Crippen LogP contribution in [0.4, 0.5) is 5.13 Å². The molecule has 0 aliphatic heterocycles. The standard InChI is InChI=1S/C8H15N3OS/c1-5(9)6-7(12-4)10-8(13-6)11(2)3/h5H,9H2,1-4H3/t5-/m0/s1. The van der Waals surface area contributed by atoms with Gasteiger partial charge in [-0.3, -0.25) is 0 Å². The summed E-state index contributed by atoms with van der Waals surface area (Å²) in [6.07, 6.45) is 0. The predicted octanol–water partition coefficient (Wildman–Crippen LogP) is 1.24. The first kappa shape index (κ1) is 10.3. The molecule has 0 aliphatic carbocycles. The Hall–Kier alpha value is -0.810. The summed E-state index contributed by atoms with van der Waals surface area (Å²) in [5, 5.41) is 0.921. The van der Waals surface area contributed by atoms with Gasteiger partial charge in [0.05, 0.1) is 12.0 Å². The summed E-state index contributed by atoms with van der Waals surface area (Å²) >= 11 is 1.57. The lowest BCUT2D eigenvalue weighted by atomic mass is 10.3. The van der Waals surface area contributed by atoms with Gasteiger partial charge in [-0.1, -0.05) is 11.3 Å². The van der Waals surface area contributed by atoms with Crippen LogP contribution in [0.2, 0.25) is 0 Å². The first-order chi connectivity index (χ1) is 6.06. The number of methoxy groups -OCH3 is 1. The number of anilines is 1. The Kier molecular flexibility index (Phi) is 3.11. The predicted molar refractivity (Wildman–Crippen MR) is 55.6 cm³/mol. The van der Waals surface area contributed by atoms with Crippen LogP contribution in [-0.4, -0.2) is 26.2 Å². The van der Waals surface area contributed by atoms with E-state index in [0.29, 0.717) is 5.88 Å². The molecule has 1 rings (SSSR count). The summed E-state index contributed by atoms with van der Waals surface area (Å²) in [6.45, 7) is 1.93. The molecule has 0 radical (unpaired) electrons. The van der Waals surface area contributed by atoms with Crippen LogP contribution in [-0.2, 0) is 0 Å². The molecule has 0 spiro atoms. The third-order valence-electron chi connectivity index (χ3n) is 1.60. The van der Waals surface area contributed by atoms with E-state index in [2.05, 4.69) is 4.98 Å². The van der Waals surface area contributed by atoms with Crippen molar-refractivity contribution in [2.24, 2.45) is 5.73 Å². The zero-order valence-electron chi connectivity index (χ0n) is 8.37. The van der Waals surface area contributed by atoms with Gasteiger partial charge in [-0.05, 0) is 6.92 Å². The van der Waals surface area contributed by atoms with E-state index < -0.39 is 0 Å². The number of aromatic nitrogens is 1. The molecule has 1 heterocycles. The Morgan fingerprint density at radius 3 is 2.46 bits per heavy atom. The first-order valence-corrected chi connectivity index (χ1v) is 4.85. The molecular weight excluding hydrogens is 186 g/mol. The number of hydrogen-bond donors (Lipinski definition) is 1. The molecule has 0 saturated carbocycles. The van der Waals surface area contributed by atoms with Crippen molar-refractivity contribution in [1.82, 2.24) is 4.98 Å². The van der Waals surface area contributed by atoms with Crippen LogP contribution in [0.15, 0.2) is 0 Å². The minimum absolute atomic E-state index is 0.0267. The molecule has 1 aromatic heterocycles. The van der Waals surface area contributed by atoms with E-state index in [1.165, 1.54) is 0 Å². The molecule has 0 bridgehead atoms. The van der Waals surface area contributed by atoms with Gasteiger partial charge >= 0.3 is 0 Å². The monoisotopic (exact) mass is 201 g/mol. The molecule has 0 aromatic carbocycles. The van der Waals surface area contributed by atoms with Gasteiger partial charge in [0.1, 0.15) is 0 Å². The number of nitrogens with two attached hydrogens (primary N) is 1. The average molecular weight is 201 g/mol. The maximum atomic E-state index is 5.78. The molecule has 0 unspecified atom stereocenters. The molecule has 0 fully saturated rings. The molecule has 0 saturated heterocycles. The normalized spacial score (nSPS) is 12.7. The molecule has 4 nitrogen and oxygen atoms in total. The maximum Gasteiger partial charge on any atom is 0.231 e. The molecule has 0 amide bonds. The highest BCUT2D eigenvalue weighted by Gasteiger charge is 2.15. The van der Waals surface area contributed by atoms with Crippen LogP contribution in [0.3, 0.4) is 0 Å². The second kappa shape index (κ2) is 3.93. The SMILES string of the molecule is COc1nc(N(C)C)sc1[C@H](C)N. The van der Waals surface area contributed by atoms with E-state index >= 15 is 0 Å². The van der Waals surface area contributed by atoms with Gasteiger partial charge in [-0.2, -0.15) is 4.98 Å². The third kappa shape index (κ3) is 2.10. The van der Waals surface area contributed by atoms with E-state index in [0.717, 1.165) is 10.0 Å². The van der Waals surface area contributed by atoms with Crippen molar-refractivity contribution in [1.29, 1.82) is 0 Å².